The van der Waals surface area contributed by atoms with Gasteiger partial charge in [0.1, 0.15) is 11.5 Å². The topological polar surface area (TPSA) is 88.0 Å². The van der Waals surface area contributed by atoms with Gasteiger partial charge in [-0.1, -0.05) is 6.07 Å². The van der Waals surface area contributed by atoms with Gasteiger partial charge in [0.05, 0.1) is 32.6 Å². The third kappa shape index (κ3) is 7.22. The maximum Gasteiger partial charge on any atom is 0.191 e. The fourth-order valence-electron chi connectivity index (χ4n) is 2.40. The number of pyridine rings is 1. The van der Waals surface area contributed by atoms with Gasteiger partial charge in [-0.05, 0) is 37.3 Å². The average Bonchev–Trinajstić information content (AvgIpc) is 2.70. The van der Waals surface area contributed by atoms with E-state index in [1.165, 1.54) is 0 Å². The van der Waals surface area contributed by atoms with Crippen LogP contribution in [0.3, 0.4) is 0 Å². The van der Waals surface area contributed by atoms with E-state index in [0.29, 0.717) is 36.1 Å². The van der Waals surface area contributed by atoms with Crippen LogP contribution >= 0.6 is 24.0 Å². The number of methoxy groups -OCH3 is 2. The van der Waals surface area contributed by atoms with E-state index in [1.807, 2.05) is 25.1 Å². The summed E-state index contributed by atoms with van der Waals surface area (Å²) in [4.78, 5) is 8.74. The summed E-state index contributed by atoms with van der Waals surface area (Å²) in [6.45, 7) is 3.43. The molecule has 1 unspecified atom stereocenters. The summed E-state index contributed by atoms with van der Waals surface area (Å²) in [5.41, 5.74) is 1.53. The van der Waals surface area contributed by atoms with Crippen molar-refractivity contribution in [3.8, 4) is 11.5 Å². The van der Waals surface area contributed by atoms with Crippen LogP contribution in [0.4, 0.5) is 0 Å². The number of benzene rings is 1. The van der Waals surface area contributed by atoms with Gasteiger partial charge in [0.25, 0.3) is 0 Å². The molecule has 0 amide bonds. The number of ether oxygens (including phenoxy) is 2. The van der Waals surface area contributed by atoms with Crippen LogP contribution in [0.25, 0.3) is 0 Å². The lowest BCUT2D eigenvalue weighted by Crippen LogP contribution is -2.39. The molecule has 148 valence electrons. The van der Waals surface area contributed by atoms with E-state index >= 15 is 0 Å². The van der Waals surface area contributed by atoms with Crippen molar-refractivity contribution in [2.45, 2.75) is 19.6 Å². The number of nitrogens with zero attached hydrogens (tertiary/aromatic N) is 2. The Balaban J connectivity index is 0.00000364. The van der Waals surface area contributed by atoms with Gasteiger partial charge in [-0.15, -0.1) is 24.0 Å². The number of rotatable bonds is 8. The SMILES string of the molecule is CCNC(=NCc1ccccn1)NCC(O)c1cc(OC)ccc1OC.I. The van der Waals surface area contributed by atoms with Crippen LogP contribution in [0.5, 0.6) is 11.5 Å². The number of aliphatic hydroxyl groups excluding tert-OH is 1. The minimum Gasteiger partial charge on any atom is -0.497 e. The summed E-state index contributed by atoms with van der Waals surface area (Å²) < 4.78 is 10.6. The Kier molecular flexibility index (Phi) is 10.5. The van der Waals surface area contributed by atoms with Gasteiger partial charge in [0, 0.05) is 24.8 Å². The van der Waals surface area contributed by atoms with Crippen molar-refractivity contribution in [2.24, 2.45) is 4.99 Å². The lowest BCUT2D eigenvalue weighted by Gasteiger charge is -2.18. The smallest absolute Gasteiger partial charge is 0.191 e. The minimum atomic E-state index is -0.779. The van der Waals surface area contributed by atoms with Crippen molar-refractivity contribution in [3.05, 3.63) is 53.9 Å². The highest BCUT2D eigenvalue weighted by atomic mass is 127. The first kappa shape index (κ1) is 23.0. The second-order valence-corrected chi connectivity index (χ2v) is 5.52. The van der Waals surface area contributed by atoms with E-state index in [0.717, 1.165) is 5.69 Å². The Labute approximate surface area is 177 Å². The van der Waals surface area contributed by atoms with Crippen LogP contribution in [0, 0.1) is 0 Å². The Bertz CT molecular complexity index is 713. The normalized spacial score (nSPS) is 11.9. The van der Waals surface area contributed by atoms with Crippen LogP contribution in [-0.4, -0.2) is 43.4 Å². The summed E-state index contributed by atoms with van der Waals surface area (Å²) in [6, 6.07) is 11.1. The molecular weight excluding hydrogens is 459 g/mol. The molecule has 8 heteroatoms. The molecule has 0 bridgehead atoms. The van der Waals surface area contributed by atoms with Crippen LogP contribution < -0.4 is 20.1 Å². The standard InChI is InChI=1S/C19H26N4O3.HI/c1-4-20-19(22-12-14-7-5-6-10-21-14)23-13-17(24)16-11-15(25-2)8-9-18(16)26-3;/h5-11,17,24H,4,12-13H2,1-3H3,(H2,20,22,23);1H. The number of halogens is 1. The van der Waals surface area contributed by atoms with Gasteiger partial charge < -0.3 is 25.2 Å². The number of nitrogens with one attached hydrogen (secondary N) is 2. The highest BCUT2D eigenvalue weighted by Gasteiger charge is 2.15. The molecule has 0 aliphatic carbocycles. The Morgan fingerprint density at radius 1 is 1.19 bits per heavy atom. The summed E-state index contributed by atoms with van der Waals surface area (Å²) in [5.74, 6) is 1.88. The maximum atomic E-state index is 10.6. The molecule has 1 aromatic heterocycles. The van der Waals surface area contributed by atoms with Gasteiger partial charge in [-0.3, -0.25) is 4.98 Å². The van der Waals surface area contributed by atoms with Gasteiger partial charge in [0.2, 0.25) is 0 Å². The van der Waals surface area contributed by atoms with Gasteiger partial charge in [-0.2, -0.15) is 0 Å². The predicted molar refractivity (Wildman–Crippen MR) is 117 cm³/mol. The fraction of sp³-hybridized carbons (Fsp3) is 0.368. The zero-order valence-corrected chi connectivity index (χ0v) is 18.1. The van der Waals surface area contributed by atoms with Crippen molar-refractivity contribution in [2.75, 3.05) is 27.3 Å². The Hall–Kier alpha value is -2.07. The first-order valence-corrected chi connectivity index (χ1v) is 8.50. The van der Waals surface area contributed by atoms with E-state index in [4.69, 9.17) is 9.47 Å². The molecule has 7 nitrogen and oxygen atoms in total. The molecule has 3 N–H and O–H groups in total. The second-order valence-electron chi connectivity index (χ2n) is 5.52. The number of aliphatic hydroxyl groups is 1. The number of hydrogen-bond acceptors (Lipinski definition) is 5. The molecular formula is C19H27IN4O3. The van der Waals surface area contributed by atoms with Crippen molar-refractivity contribution in [1.82, 2.24) is 15.6 Å². The molecule has 0 fully saturated rings. The zero-order valence-electron chi connectivity index (χ0n) is 15.8. The average molecular weight is 486 g/mol. The largest absolute Gasteiger partial charge is 0.497 e. The lowest BCUT2D eigenvalue weighted by molar-refractivity contribution is 0.176. The first-order chi connectivity index (χ1) is 12.7. The molecule has 0 spiro atoms. The van der Waals surface area contributed by atoms with Crippen molar-refractivity contribution >= 4 is 29.9 Å². The van der Waals surface area contributed by atoms with Crippen LogP contribution in [-0.2, 0) is 6.54 Å². The highest BCUT2D eigenvalue weighted by Crippen LogP contribution is 2.29. The first-order valence-electron chi connectivity index (χ1n) is 8.50. The molecule has 0 saturated carbocycles. The number of aromatic nitrogens is 1. The second kappa shape index (κ2) is 12.3. The summed E-state index contributed by atoms with van der Waals surface area (Å²) in [7, 11) is 3.16. The fourth-order valence-corrected chi connectivity index (χ4v) is 2.40. The predicted octanol–water partition coefficient (Wildman–Crippen LogP) is 2.51. The van der Waals surface area contributed by atoms with E-state index in [2.05, 4.69) is 20.6 Å². The van der Waals surface area contributed by atoms with Crippen molar-refractivity contribution < 1.29 is 14.6 Å². The van der Waals surface area contributed by atoms with E-state index in [9.17, 15) is 5.11 Å². The third-order valence-corrected chi connectivity index (χ3v) is 3.73. The minimum absolute atomic E-state index is 0. The lowest BCUT2D eigenvalue weighted by atomic mass is 10.1. The molecule has 2 rings (SSSR count). The molecule has 0 saturated heterocycles. The number of aliphatic imine (C=N–C) groups is 1. The van der Waals surface area contributed by atoms with Gasteiger partial charge in [-0.25, -0.2) is 4.99 Å². The molecule has 27 heavy (non-hydrogen) atoms. The summed E-state index contributed by atoms with van der Waals surface area (Å²) in [6.07, 6.45) is 0.961. The van der Waals surface area contributed by atoms with Crippen molar-refractivity contribution in [3.63, 3.8) is 0 Å². The molecule has 1 atom stereocenters. The third-order valence-electron chi connectivity index (χ3n) is 3.73. The molecule has 0 aliphatic heterocycles. The maximum absolute atomic E-state index is 10.6. The van der Waals surface area contributed by atoms with Gasteiger partial charge in [0.15, 0.2) is 5.96 Å². The molecule has 0 radical (unpaired) electrons. The van der Waals surface area contributed by atoms with E-state index in [-0.39, 0.29) is 30.5 Å². The quantitative estimate of drug-likeness (QED) is 0.302. The summed E-state index contributed by atoms with van der Waals surface area (Å²) in [5, 5.41) is 16.9. The molecule has 1 heterocycles. The van der Waals surface area contributed by atoms with Crippen LogP contribution in [0.2, 0.25) is 0 Å². The monoisotopic (exact) mass is 486 g/mol. The zero-order chi connectivity index (χ0) is 18.8. The molecule has 1 aromatic carbocycles. The molecule has 0 aliphatic rings. The van der Waals surface area contributed by atoms with E-state index < -0.39 is 6.10 Å². The van der Waals surface area contributed by atoms with Crippen LogP contribution in [0.1, 0.15) is 24.3 Å². The number of guanidine groups is 1. The Morgan fingerprint density at radius 2 is 2.00 bits per heavy atom. The van der Waals surface area contributed by atoms with Crippen LogP contribution in [0.15, 0.2) is 47.6 Å². The van der Waals surface area contributed by atoms with E-state index in [1.54, 1.807) is 38.6 Å². The van der Waals surface area contributed by atoms with Gasteiger partial charge >= 0.3 is 0 Å². The Morgan fingerprint density at radius 3 is 2.63 bits per heavy atom. The number of hydrogen-bond donors (Lipinski definition) is 3. The summed E-state index contributed by atoms with van der Waals surface area (Å²) >= 11 is 0. The molecule has 2 aromatic rings. The van der Waals surface area contributed by atoms with Crippen molar-refractivity contribution in [1.29, 1.82) is 0 Å². The highest BCUT2D eigenvalue weighted by molar-refractivity contribution is 14.0.